The molecule has 35 heavy (non-hydrogen) atoms. The fourth-order valence-electron chi connectivity index (χ4n) is 6.43. The number of fused-ring (bicyclic) bond motifs is 5. The number of ether oxygens (including phenoxy) is 2. The highest BCUT2D eigenvalue weighted by Crippen LogP contribution is 2.56. The van der Waals surface area contributed by atoms with Gasteiger partial charge in [-0.25, -0.2) is 9.69 Å². The molecule has 0 N–H and O–H groups in total. The molecule has 3 fully saturated rings. The molecule has 4 atom stereocenters. The Morgan fingerprint density at radius 3 is 2.57 bits per heavy atom. The van der Waals surface area contributed by atoms with E-state index in [-0.39, 0.29) is 30.7 Å². The van der Waals surface area contributed by atoms with Crippen molar-refractivity contribution in [3.63, 3.8) is 0 Å². The molecule has 0 spiro atoms. The second kappa shape index (κ2) is 8.71. The fraction of sp³-hybridized carbons (Fsp3) is 0.500. The zero-order valence-electron chi connectivity index (χ0n) is 20.2. The highest BCUT2D eigenvalue weighted by atomic mass is 16.6. The zero-order chi connectivity index (χ0) is 24.9. The lowest BCUT2D eigenvalue weighted by Gasteiger charge is -2.50. The molecule has 3 unspecified atom stereocenters. The summed E-state index contributed by atoms with van der Waals surface area (Å²) < 4.78 is 10.9. The Balaban J connectivity index is 1.78. The van der Waals surface area contributed by atoms with Gasteiger partial charge in [-0.15, -0.1) is 0 Å². The van der Waals surface area contributed by atoms with Crippen LogP contribution in [-0.2, 0) is 30.3 Å². The van der Waals surface area contributed by atoms with E-state index in [1.54, 1.807) is 7.11 Å². The molecular weight excluding hydrogens is 450 g/mol. The highest BCUT2D eigenvalue weighted by Gasteiger charge is 2.70. The standard InChI is InChI=1S/C26H29N3O6/c1-4-16-17-10-11-18-19(23(32)28(2)21(18)30)20(17)26(14-15-8-6-5-7-9-15)24(27-12-13-34-3)35-25(33)29(26)22(16)31/h5-9,18-20H,4,10-14H2,1-3H3/t18?,19?,20?,26-/m0/s1. The Kier molecular flexibility index (Phi) is 5.83. The van der Waals surface area contributed by atoms with E-state index in [1.165, 1.54) is 16.8 Å². The van der Waals surface area contributed by atoms with Gasteiger partial charge >= 0.3 is 6.09 Å². The van der Waals surface area contributed by atoms with Gasteiger partial charge in [-0.2, -0.15) is 0 Å². The van der Waals surface area contributed by atoms with Crippen LogP contribution in [0.1, 0.15) is 31.7 Å². The van der Waals surface area contributed by atoms with Crippen molar-refractivity contribution < 1.29 is 28.7 Å². The SMILES string of the molecule is CCC1=C2CCC3C(=O)N(C)C(=O)C3C2[C@@]2(Cc3ccccc3)C(=NCCOC)OC(=O)N2C1=O. The van der Waals surface area contributed by atoms with Gasteiger partial charge in [0.05, 0.1) is 25.0 Å². The average molecular weight is 480 g/mol. The van der Waals surface area contributed by atoms with Crippen LogP contribution in [0.4, 0.5) is 4.79 Å². The normalized spacial score (nSPS) is 31.2. The lowest BCUT2D eigenvalue weighted by atomic mass is 9.58. The molecule has 1 aromatic rings. The Bertz CT molecular complexity index is 1160. The number of carbonyl (C=O) groups is 4. The summed E-state index contributed by atoms with van der Waals surface area (Å²) in [5.74, 6) is -2.57. The van der Waals surface area contributed by atoms with Gasteiger partial charge in [0.25, 0.3) is 5.91 Å². The van der Waals surface area contributed by atoms with Gasteiger partial charge in [-0.1, -0.05) is 42.8 Å². The maximum Gasteiger partial charge on any atom is 0.424 e. The van der Waals surface area contributed by atoms with E-state index in [9.17, 15) is 19.2 Å². The zero-order valence-corrected chi connectivity index (χ0v) is 20.2. The third-order valence-corrected chi connectivity index (χ3v) is 7.88. The molecule has 2 saturated heterocycles. The van der Waals surface area contributed by atoms with Crippen molar-refractivity contribution in [1.29, 1.82) is 0 Å². The van der Waals surface area contributed by atoms with Crippen molar-refractivity contribution in [1.82, 2.24) is 9.80 Å². The van der Waals surface area contributed by atoms with Gasteiger partial charge in [-0.05, 0) is 24.8 Å². The Morgan fingerprint density at radius 1 is 1.14 bits per heavy atom. The van der Waals surface area contributed by atoms with Crippen LogP contribution in [0.25, 0.3) is 0 Å². The number of likely N-dealkylation sites (tertiary alicyclic amines) is 1. The second-order valence-corrected chi connectivity index (χ2v) is 9.52. The number of imide groups is 2. The van der Waals surface area contributed by atoms with E-state index in [0.29, 0.717) is 31.4 Å². The van der Waals surface area contributed by atoms with Gasteiger partial charge in [0.15, 0.2) is 0 Å². The molecule has 0 radical (unpaired) electrons. The molecule has 3 aliphatic heterocycles. The Labute approximate surface area is 203 Å². The maximum atomic E-state index is 13.8. The van der Waals surface area contributed by atoms with E-state index in [1.807, 2.05) is 37.3 Å². The van der Waals surface area contributed by atoms with E-state index in [4.69, 9.17) is 9.47 Å². The number of hydrogen-bond donors (Lipinski definition) is 0. The Hall–Kier alpha value is -3.33. The summed E-state index contributed by atoms with van der Waals surface area (Å²) in [4.78, 5) is 60.6. The molecule has 3 heterocycles. The molecule has 0 aromatic heterocycles. The molecular formula is C26H29N3O6. The number of methoxy groups -OCH3 is 1. The van der Waals surface area contributed by atoms with E-state index >= 15 is 0 Å². The van der Waals surface area contributed by atoms with Crippen LogP contribution in [0.2, 0.25) is 0 Å². The molecule has 9 nitrogen and oxygen atoms in total. The number of nitrogens with zero attached hydrogens (tertiary/aromatic N) is 3. The number of carbonyl (C=O) groups excluding carboxylic acids is 4. The van der Waals surface area contributed by atoms with Crippen molar-refractivity contribution in [2.75, 3.05) is 27.3 Å². The van der Waals surface area contributed by atoms with E-state index < -0.39 is 35.3 Å². The van der Waals surface area contributed by atoms with Crippen LogP contribution < -0.4 is 0 Å². The summed E-state index contributed by atoms with van der Waals surface area (Å²) in [6, 6.07) is 9.49. The topological polar surface area (TPSA) is 106 Å². The predicted molar refractivity (Wildman–Crippen MR) is 125 cm³/mol. The minimum atomic E-state index is -1.33. The van der Waals surface area contributed by atoms with Gasteiger partial charge in [0, 0.05) is 32.1 Å². The molecule has 4 amide bonds. The average Bonchev–Trinajstić information content (AvgIpc) is 3.26. The maximum absolute atomic E-state index is 13.8. The highest BCUT2D eigenvalue weighted by molar-refractivity contribution is 6.17. The summed E-state index contributed by atoms with van der Waals surface area (Å²) in [7, 11) is 3.06. The molecule has 5 rings (SSSR count). The van der Waals surface area contributed by atoms with Crippen molar-refractivity contribution >= 4 is 29.7 Å². The number of hydrogen-bond acceptors (Lipinski definition) is 7. The first-order chi connectivity index (χ1) is 16.9. The third kappa shape index (κ3) is 3.28. The molecule has 9 heteroatoms. The number of aliphatic imine (C=N–C) groups is 1. The third-order valence-electron chi connectivity index (χ3n) is 7.88. The largest absolute Gasteiger partial charge is 0.424 e. The molecule has 1 aliphatic carbocycles. The van der Waals surface area contributed by atoms with Crippen LogP contribution in [0, 0.1) is 17.8 Å². The Morgan fingerprint density at radius 2 is 1.89 bits per heavy atom. The van der Waals surface area contributed by atoms with Gasteiger partial charge in [0.1, 0.15) is 5.54 Å². The summed E-state index contributed by atoms with van der Waals surface area (Å²) in [5.41, 5.74) is 0.915. The van der Waals surface area contributed by atoms with Crippen molar-refractivity contribution in [2.45, 2.75) is 38.1 Å². The van der Waals surface area contributed by atoms with Crippen LogP contribution >= 0.6 is 0 Å². The molecule has 1 aromatic carbocycles. The quantitative estimate of drug-likeness (QED) is 0.458. The van der Waals surface area contributed by atoms with Crippen LogP contribution in [0.3, 0.4) is 0 Å². The summed E-state index contributed by atoms with van der Waals surface area (Å²) in [5, 5.41) is 0. The van der Waals surface area contributed by atoms with E-state index in [0.717, 1.165) is 11.1 Å². The number of rotatable bonds is 6. The minimum Gasteiger partial charge on any atom is -0.393 e. The number of amides is 4. The summed E-state index contributed by atoms with van der Waals surface area (Å²) >= 11 is 0. The smallest absolute Gasteiger partial charge is 0.393 e. The van der Waals surface area contributed by atoms with Crippen molar-refractivity contribution in [3.05, 3.63) is 47.0 Å². The van der Waals surface area contributed by atoms with Gasteiger partial charge < -0.3 is 9.47 Å². The van der Waals surface area contributed by atoms with Crippen LogP contribution in [0.5, 0.6) is 0 Å². The lowest BCUT2D eigenvalue weighted by molar-refractivity contribution is -0.140. The van der Waals surface area contributed by atoms with E-state index in [2.05, 4.69) is 4.99 Å². The molecule has 184 valence electrons. The number of benzene rings is 1. The molecule has 1 saturated carbocycles. The van der Waals surface area contributed by atoms with Crippen LogP contribution in [0.15, 0.2) is 46.5 Å². The first-order valence-corrected chi connectivity index (χ1v) is 12.0. The molecule has 4 aliphatic rings. The van der Waals surface area contributed by atoms with Gasteiger partial charge in [0.2, 0.25) is 17.7 Å². The van der Waals surface area contributed by atoms with Crippen molar-refractivity contribution in [2.24, 2.45) is 22.7 Å². The fourth-order valence-corrected chi connectivity index (χ4v) is 6.43. The van der Waals surface area contributed by atoms with Crippen molar-refractivity contribution in [3.8, 4) is 0 Å². The first-order valence-electron chi connectivity index (χ1n) is 12.0. The summed E-state index contributed by atoms with van der Waals surface area (Å²) in [6.45, 7) is 2.40. The second-order valence-electron chi connectivity index (χ2n) is 9.52. The predicted octanol–water partition coefficient (Wildman–Crippen LogP) is 2.35. The molecule has 0 bridgehead atoms. The number of cyclic esters (lactones) is 1. The first kappa shape index (κ1) is 23.4. The lowest BCUT2D eigenvalue weighted by Crippen LogP contribution is -2.65. The van der Waals surface area contributed by atoms with Gasteiger partial charge in [-0.3, -0.25) is 24.3 Å². The van der Waals surface area contributed by atoms with Crippen LogP contribution in [-0.4, -0.2) is 72.4 Å². The monoisotopic (exact) mass is 479 g/mol. The summed E-state index contributed by atoms with van der Waals surface area (Å²) in [6.07, 6.45) is 0.865. The minimum absolute atomic E-state index is 0.116.